The Labute approximate surface area is 178 Å². The molecule has 1 atom stereocenters. The fourth-order valence-corrected chi connectivity index (χ4v) is 3.83. The van der Waals surface area contributed by atoms with E-state index in [2.05, 4.69) is 19.2 Å². The molecule has 0 aliphatic carbocycles. The summed E-state index contributed by atoms with van der Waals surface area (Å²) in [4.78, 5) is 27.6. The first-order valence-corrected chi connectivity index (χ1v) is 10.3. The molecule has 0 bridgehead atoms. The number of nitrogens with zero attached hydrogens (tertiary/aromatic N) is 1. The van der Waals surface area contributed by atoms with Crippen LogP contribution in [0.15, 0.2) is 42.5 Å². The Morgan fingerprint density at radius 2 is 1.83 bits per heavy atom. The van der Waals surface area contributed by atoms with Gasteiger partial charge in [0, 0.05) is 18.7 Å². The number of carbonyl (C=O) groups excluding carboxylic acids is 2. The highest BCUT2D eigenvalue weighted by atomic mass is 16.5. The van der Waals surface area contributed by atoms with Crippen LogP contribution in [-0.4, -0.2) is 43.5 Å². The van der Waals surface area contributed by atoms with Crippen LogP contribution in [0, 0.1) is 5.92 Å². The molecule has 6 heteroatoms. The molecule has 1 N–H and O–H groups in total. The third-order valence-electron chi connectivity index (χ3n) is 5.38. The molecule has 6 nitrogen and oxygen atoms in total. The zero-order valence-electron chi connectivity index (χ0n) is 18.1. The quantitative estimate of drug-likeness (QED) is 0.688. The van der Waals surface area contributed by atoms with Gasteiger partial charge in [0.25, 0.3) is 5.91 Å². The number of benzene rings is 2. The first kappa shape index (κ1) is 21.7. The largest absolute Gasteiger partial charge is 0.493 e. The number of hydrogen-bond acceptors (Lipinski definition) is 4. The minimum absolute atomic E-state index is 0.0636. The molecule has 0 unspecified atom stereocenters. The maximum atomic E-state index is 13.0. The van der Waals surface area contributed by atoms with E-state index >= 15 is 0 Å². The monoisotopic (exact) mass is 410 g/mol. The summed E-state index contributed by atoms with van der Waals surface area (Å²) in [5.74, 6) is 1.47. The van der Waals surface area contributed by atoms with E-state index in [1.807, 2.05) is 42.5 Å². The zero-order chi connectivity index (χ0) is 21.7. The SMILES string of the molecule is COc1ccc(CCNC(=O)[C@@H](CC(C)C)N2Cc3ccccc3C2=O)cc1OC. The van der Waals surface area contributed by atoms with Gasteiger partial charge in [-0.25, -0.2) is 0 Å². The van der Waals surface area contributed by atoms with Crippen molar-refractivity contribution >= 4 is 11.8 Å². The number of fused-ring (bicyclic) bond motifs is 1. The predicted molar refractivity (Wildman–Crippen MR) is 116 cm³/mol. The number of nitrogens with one attached hydrogen (secondary N) is 1. The van der Waals surface area contributed by atoms with Gasteiger partial charge >= 0.3 is 0 Å². The number of ether oxygens (including phenoxy) is 2. The Morgan fingerprint density at radius 1 is 1.10 bits per heavy atom. The summed E-state index contributed by atoms with van der Waals surface area (Å²) >= 11 is 0. The summed E-state index contributed by atoms with van der Waals surface area (Å²) in [7, 11) is 3.20. The lowest BCUT2D eigenvalue weighted by Crippen LogP contribution is -2.48. The topological polar surface area (TPSA) is 67.9 Å². The van der Waals surface area contributed by atoms with Crippen LogP contribution in [0.25, 0.3) is 0 Å². The molecule has 0 saturated carbocycles. The average Bonchev–Trinajstić information content (AvgIpc) is 3.08. The van der Waals surface area contributed by atoms with Gasteiger partial charge in [0.15, 0.2) is 11.5 Å². The molecule has 0 spiro atoms. The molecule has 2 aromatic carbocycles. The second kappa shape index (κ2) is 9.65. The van der Waals surface area contributed by atoms with Crippen molar-refractivity contribution in [3.8, 4) is 11.5 Å². The summed E-state index contributed by atoms with van der Waals surface area (Å²) in [5.41, 5.74) is 2.72. The van der Waals surface area contributed by atoms with E-state index in [9.17, 15) is 9.59 Å². The van der Waals surface area contributed by atoms with Crippen LogP contribution in [0.2, 0.25) is 0 Å². The predicted octanol–water partition coefficient (Wildman–Crippen LogP) is 3.43. The molecule has 1 aliphatic heterocycles. The molecule has 0 radical (unpaired) electrons. The van der Waals surface area contributed by atoms with Gasteiger partial charge < -0.3 is 19.7 Å². The molecule has 1 aliphatic rings. The lowest BCUT2D eigenvalue weighted by Gasteiger charge is -2.28. The molecule has 0 saturated heterocycles. The summed E-state index contributed by atoms with van der Waals surface area (Å²) in [6, 6.07) is 12.8. The molecule has 2 aromatic rings. The van der Waals surface area contributed by atoms with Crippen LogP contribution in [0.1, 0.15) is 41.8 Å². The van der Waals surface area contributed by atoms with Crippen molar-refractivity contribution in [1.82, 2.24) is 10.2 Å². The Morgan fingerprint density at radius 3 is 2.50 bits per heavy atom. The molecular formula is C24H30N2O4. The second-order valence-corrected chi connectivity index (χ2v) is 7.97. The van der Waals surface area contributed by atoms with Crippen molar-refractivity contribution in [1.29, 1.82) is 0 Å². The van der Waals surface area contributed by atoms with Crippen molar-refractivity contribution in [2.75, 3.05) is 20.8 Å². The number of rotatable bonds is 9. The number of methoxy groups -OCH3 is 2. The fourth-order valence-electron chi connectivity index (χ4n) is 3.83. The zero-order valence-corrected chi connectivity index (χ0v) is 18.1. The van der Waals surface area contributed by atoms with E-state index in [1.54, 1.807) is 19.1 Å². The van der Waals surface area contributed by atoms with E-state index in [0.717, 1.165) is 11.1 Å². The summed E-state index contributed by atoms with van der Waals surface area (Å²) in [6.45, 7) is 5.10. The third kappa shape index (κ3) is 4.75. The number of carbonyl (C=O) groups is 2. The van der Waals surface area contributed by atoms with Gasteiger partial charge in [0.1, 0.15) is 6.04 Å². The minimum atomic E-state index is -0.477. The number of hydrogen-bond donors (Lipinski definition) is 1. The van der Waals surface area contributed by atoms with Crippen LogP contribution >= 0.6 is 0 Å². The second-order valence-electron chi connectivity index (χ2n) is 7.97. The van der Waals surface area contributed by atoms with Gasteiger partial charge in [-0.1, -0.05) is 38.1 Å². The Balaban J connectivity index is 1.65. The molecular weight excluding hydrogens is 380 g/mol. The van der Waals surface area contributed by atoms with E-state index in [4.69, 9.17) is 9.47 Å². The van der Waals surface area contributed by atoms with Crippen molar-refractivity contribution in [2.45, 2.75) is 39.3 Å². The van der Waals surface area contributed by atoms with Crippen LogP contribution in [0.5, 0.6) is 11.5 Å². The highest BCUT2D eigenvalue weighted by Crippen LogP contribution is 2.28. The molecule has 30 heavy (non-hydrogen) atoms. The fraction of sp³-hybridized carbons (Fsp3) is 0.417. The molecule has 160 valence electrons. The maximum Gasteiger partial charge on any atom is 0.255 e. The standard InChI is InChI=1S/C24H30N2O4/c1-16(2)13-20(26-15-18-7-5-6-8-19(18)24(26)28)23(27)25-12-11-17-9-10-21(29-3)22(14-17)30-4/h5-10,14,16,20H,11-13,15H2,1-4H3,(H,25,27)/t20-/m1/s1. The van der Waals surface area contributed by atoms with Gasteiger partial charge in [0.05, 0.1) is 14.2 Å². The summed E-state index contributed by atoms with van der Waals surface area (Å²) in [5, 5.41) is 3.02. The lowest BCUT2D eigenvalue weighted by atomic mass is 10.0. The van der Waals surface area contributed by atoms with Crippen LogP contribution in [0.4, 0.5) is 0 Å². The summed E-state index contributed by atoms with van der Waals surface area (Å²) < 4.78 is 10.6. The van der Waals surface area contributed by atoms with E-state index in [0.29, 0.717) is 48.9 Å². The van der Waals surface area contributed by atoms with Crippen molar-refractivity contribution in [3.63, 3.8) is 0 Å². The highest BCUT2D eigenvalue weighted by molar-refractivity contribution is 6.01. The van der Waals surface area contributed by atoms with E-state index in [-0.39, 0.29) is 11.8 Å². The van der Waals surface area contributed by atoms with E-state index in [1.165, 1.54) is 0 Å². The summed E-state index contributed by atoms with van der Waals surface area (Å²) in [6.07, 6.45) is 1.29. The lowest BCUT2D eigenvalue weighted by molar-refractivity contribution is -0.126. The minimum Gasteiger partial charge on any atom is -0.493 e. The molecule has 1 heterocycles. The molecule has 2 amide bonds. The van der Waals surface area contributed by atoms with Gasteiger partial charge in [0.2, 0.25) is 5.91 Å². The Kier molecular flexibility index (Phi) is 6.98. The first-order chi connectivity index (χ1) is 14.4. The van der Waals surface area contributed by atoms with Crippen molar-refractivity contribution in [3.05, 3.63) is 59.2 Å². The van der Waals surface area contributed by atoms with Crippen LogP contribution in [0.3, 0.4) is 0 Å². The smallest absolute Gasteiger partial charge is 0.255 e. The first-order valence-electron chi connectivity index (χ1n) is 10.3. The van der Waals surface area contributed by atoms with Crippen molar-refractivity contribution in [2.24, 2.45) is 5.92 Å². The van der Waals surface area contributed by atoms with Gasteiger partial charge in [-0.05, 0) is 48.1 Å². The Bertz CT molecular complexity index is 910. The Hall–Kier alpha value is -3.02. The average molecular weight is 411 g/mol. The number of amides is 2. The van der Waals surface area contributed by atoms with E-state index < -0.39 is 6.04 Å². The highest BCUT2D eigenvalue weighted by Gasteiger charge is 2.36. The van der Waals surface area contributed by atoms with Gasteiger partial charge in [-0.2, -0.15) is 0 Å². The van der Waals surface area contributed by atoms with Crippen molar-refractivity contribution < 1.29 is 19.1 Å². The van der Waals surface area contributed by atoms with Crippen LogP contribution < -0.4 is 14.8 Å². The molecule has 0 aromatic heterocycles. The third-order valence-corrected chi connectivity index (χ3v) is 5.38. The van der Waals surface area contributed by atoms with Crippen LogP contribution in [-0.2, 0) is 17.8 Å². The van der Waals surface area contributed by atoms with Gasteiger partial charge in [-0.15, -0.1) is 0 Å². The molecule has 0 fully saturated rings. The normalized spacial score (nSPS) is 13.9. The van der Waals surface area contributed by atoms with Gasteiger partial charge in [-0.3, -0.25) is 9.59 Å². The molecule has 3 rings (SSSR count). The maximum absolute atomic E-state index is 13.0.